The number of hydrogen-bond acceptors (Lipinski definition) is 6. The van der Waals surface area contributed by atoms with Gasteiger partial charge in [-0.15, -0.1) is 0 Å². The number of rotatable bonds is 8. The third-order valence-corrected chi connectivity index (χ3v) is 4.55. The highest BCUT2D eigenvalue weighted by atomic mass is 16.7. The maximum atomic E-state index is 10.6. The van der Waals surface area contributed by atoms with Gasteiger partial charge in [-0.1, -0.05) is 60.7 Å². The minimum atomic E-state index is -1.10. The molecule has 146 valence electrons. The van der Waals surface area contributed by atoms with Gasteiger partial charge in [-0.05, 0) is 11.1 Å². The van der Waals surface area contributed by atoms with E-state index < -0.39 is 30.7 Å². The smallest absolute Gasteiger partial charge is 0.186 e. The maximum absolute atomic E-state index is 10.6. The second kappa shape index (κ2) is 9.94. The molecule has 2 aromatic rings. The standard InChI is InChI=1S/C21H26O6/c1-24-21-19(23)20(26-13-16-10-6-3-7-11-16)18(22)17(27-21)14-25-12-15-8-4-2-5-9-15/h2-11,17-23H,12-14H2,1H3/t17-,18-,19-,20+,21+/m1/s1. The molecule has 6 heteroatoms. The van der Waals surface area contributed by atoms with Crippen LogP contribution in [-0.2, 0) is 32.2 Å². The van der Waals surface area contributed by atoms with Gasteiger partial charge in [0.15, 0.2) is 6.29 Å². The lowest BCUT2D eigenvalue weighted by molar-refractivity contribution is -0.305. The molecule has 0 radical (unpaired) electrons. The van der Waals surface area contributed by atoms with Crippen molar-refractivity contribution in [3.05, 3.63) is 71.8 Å². The van der Waals surface area contributed by atoms with Crippen molar-refractivity contribution in [2.45, 2.75) is 43.9 Å². The van der Waals surface area contributed by atoms with Crippen molar-refractivity contribution in [1.82, 2.24) is 0 Å². The van der Waals surface area contributed by atoms with Crippen LogP contribution in [0.1, 0.15) is 11.1 Å². The molecule has 0 aliphatic carbocycles. The first kappa shape index (κ1) is 19.9. The molecule has 1 aliphatic heterocycles. The normalized spacial score (nSPS) is 28.2. The number of aliphatic hydroxyl groups excluding tert-OH is 2. The third-order valence-electron chi connectivity index (χ3n) is 4.55. The predicted octanol–water partition coefficient (Wildman–Crippen LogP) is 1.88. The lowest BCUT2D eigenvalue weighted by Gasteiger charge is -2.41. The quantitative estimate of drug-likeness (QED) is 0.735. The fourth-order valence-corrected chi connectivity index (χ4v) is 3.07. The highest BCUT2D eigenvalue weighted by molar-refractivity contribution is 5.14. The third kappa shape index (κ3) is 5.35. The van der Waals surface area contributed by atoms with Gasteiger partial charge in [0, 0.05) is 7.11 Å². The van der Waals surface area contributed by atoms with Crippen LogP contribution >= 0.6 is 0 Å². The summed E-state index contributed by atoms with van der Waals surface area (Å²) in [6.45, 7) is 0.838. The van der Waals surface area contributed by atoms with Crippen molar-refractivity contribution in [2.75, 3.05) is 13.7 Å². The molecule has 5 atom stereocenters. The molecule has 1 aliphatic rings. The van der Waals surface area contributed by atoms with E-state index in [1.807, 2.05) is 60.7 Å². The summed E-state index contributed by atoms with van der Waals surface area (Å²) >= 11 is 0. The highest BCUT2D eigenvalue weighted by Crippen LogP contribution is 2.25. The number of hydrogen-bond donors (Lipinski definition) is 2. The molecule has 0 bridgehead atoms. The first-order valence-corrected chi connectivity index (χ1v) is 9.00. The molecule has 0 spiro atoms. The summed E-state index contributed by atoms with van der Waals surface area (Å²) in [5, 5.41) is 21.1. The zero-order valence-corrected chi connectivity index (χ0v) is 15.3. The van der Waals surface area contributed by atoms with E-state index in [1.54, 1.807) is 0 Å². The minimum Gasteiger partial charge on any atom is -0.387 e. The van der Waals surface area contributed by atoms with Crippen LogP contribution in [0.2, 0.25) is 0 Å². The Balaban J connectivity index is 1.58. The molecule has 0 saturated carbocycles. The van der Waals surface area contributed by atoms with Crippen LogP contribution in [0.15, 0.2) is 60.7 Å². The predicted molar refractivity (Wildman–Crippen MR) is 98.8 cm³/mol. The largest absolute Gasteiger partial charge is 0.387 e. The van der Waals surface area contributed by atoms with Gasteiger partial charge in [0.1, 0.15) is 24.4 Å². The fraction of sp³-hybridized carbons (Fsp3) is 0.429. The maximum Gasteiger partial charge on any atom is 0.186 e. The molecule has 0 unspecified atom stereocenters. The van der Waals surface area contributed by atoms with Crippen molar-refractivity contribution >= 4 is 0 Å². The zero-order valence-electron chi connectivity index (χ0n) is 15.3. The summed E-state index contributed by atoms with van der Waals surface area (Å²) in [6, 6.07) is 19.3. The summed E-state index contributed by atoms with van der Waals surface area (Å²) in [7, 11) is 1.45. The van der Waals surface area contributed by atoms with Crippen molar-refractivity contribution in [1.29, 1.82) is 0 Å². The van der Waals surface area contributed by atoms with E-state index in [0.29, 0.717) is 6.61 Å². The monoisotopic (exact) mass is 374 g/mol. The Morgan fingerprint density at radius 2 is 1.44 bits per heavy atom. The summed E-state index contributed by atoms with van der Waals surface area (Å²) in [5.74, 6) is 0. The van der Waals surface area contributed by atoms with Crippen LogP contribution in [0.5, 0.6) is 0 Å². The van der Waals surface area contributed by atoms with E-state index in [4.69, 9.17) is 18.9 Å². The Bertz CT molecular complexity index is 665. The van der Waals surface area contributed by atoms with Crippen LogP contribution in [-0.4, -0.2) is 54.6 Å². The Morgan fingerprint density at radius 3 is 2.04 bits per heavy atom. The lowest BCUT2D eigenvalue weighted by atomic mass is 9.99. The van der Waals surface area contributed by atoms with Crippen molar-refractivity contribution in [2.24, 2.45) is 0 Å². The van der Waals surface area contributed by atoms with Gasteiger partial charge in [0.2, 0.25) is 0 Å². The Labute approximate surface area is 159 Å². The molecular weight excluding hydrogens is 348 g/mol. The van der Waals surface area contributed by atoms with E-state index >= 15 is 0 Å². The number of benzene rings is 2. The van der Waals surface area contributed by atoms with Crippen LogP contribution in [0.3, 0.4) is 0 Å². The van der Waals surface area contributed by atoms with Gasteiger partial charge >= 0.3 is 0 Å². The molecule has 6 nitrogen and oxygen atoms in total. The fourth-order valence-electron chi connectivity index (χ4n) is 3.07. The second-order valence-electron chi connectivity index (χ2n) is 6.52. The van der Waals surface area contributed by atoms with Gasteiger partial charge in [0.05, 0.1) is 19.8 Å². The second-order valence-corrected chi connectivity index (χ2v) is 6.52. The van der Waals surface area contributed by atoms with Gasteiger partial charge in [0.25, 0.3) is 0 Å². The average molecular weight is 374 g/mol. The Morgan fingerprint density at radius 1 is 0.852 bits per heavy atom. The van der Waals surface area contributed by atoms with Gasteiger partial charge < -0.3 is 29.2 Å². The van der Waals surface area contributed by atoms with Crippen molar-refractivity contribution in [3.8, 4) is 0 Å². The van der Waals surface area contributed by atoms with E-state index in [1.165, 1.54) is 7.11 Å². The zero-order chi connectivity index (χ0) is 19.1. The molecule has 1 fully saturated rings. The Kier molecular flexibility index (Phi) is 7.34. The molecule has 0 aromatic heterocycles. The number of aliphatic hydroxyl groups is 2. The summed E-state index contributed by atoms with van der Waals surface area (Å²) < 4.78 is 22.4. The topological polar surface area (TPSA) is 77.4 Å². The number of methoxy groups -OCH3 is 1. The SMILES string of the molecule is CO[C@H]1O[C@H](COCc2ccccc2)[C@@H](O)[C@H](OCc2ccccc2)[C@H]1O. The van der Waals surface area contributed by atoms with Crippen LogP contribution in [0, 0.1) is 0 Å². The van der Waals surface area contributed by atoms with Crippen molar-refractivity contribution in [3.63, 3.8) is 0 Å². The molecule has 1 heterocycles. The average Bonchev–Trinajstić information content (AvgIpc) is 2.71. The molecular formula is C21H26O6. The van der Waals surface area contributed by atoms with Crippen LogP contribution in [0.25, 0.3) is 0 Å². The molecule has 27 heavy (non-hydrogen) atoms. The van der Waals surface area contributed by atoms with E-state index in [2.05, 4.69) is 0 Å². The molecule has 2 N–H and O–H groups in total. The van der Waals surface area contributed by atoms with E-state index in [0.717, 1.165) is 11.1 Å². The lowest BCUT2D eigenvalue weighted by Crippen LogP contribution is -2.60. The Hall–Kier alpha value is -1.80. The van der Waals surface area contributed by atoms with Crippen LogP contribution in [0.4, 0.5) is 0 Å². The first-order valence-electron chi connectivity index (χ1n) is 9.00. The summed E-state index contributed by atoms with van der Waals surface area (Å²) in [4.78, 5) is 0. The van der Waals surface area contributed by atoms with Gasteiger partial charge in [-0.25, -0.2) is 0 Å². The van der Waals surface area contributed by atoms with E-state index in [-0.39, 0.29) is 13.2 Å². The van der Waals surface area contributed by atoms with Crippen LogP contribution < -0.4 is 0 Å². The summed E-state index contributed by atoms with van der Waals surface area (Å²) in [6.07, 6.45) is -4.53. The molecule has 3 rings (SSSR count). The number of ether oxygens (including phenoxy) is 4. The van der Waals surface area contributed by atoms with Crippen molar-refractivity contribution < 1.29 is 29.2 Å². The van der Waals surface area contributed by atoms with Gasteiger partial charge in [-0.2, -0.15) is 0 Å². The molecule has 2 aromatic carbocycles. The molecule has 1 saturated heterocycles. The van der Waals surface area contributed by atoms with Gasteiger partial charge in [-0.3, -0.25) is 0 Å². The first-order chi connectivity index (χ1) is 13.2. The minimum absolute atomic E-state index is 0.161. The highest BCUT2D eigenvalue weighted by Gasteiger charge is 2.45. The summed E-state index contributed by atoms with van der Waals surface area (Å²) in [5.41, 5.74) is 1.98. The van der Waals surface area contributed by atoms with E-state index in [9.17, 15) is 10.2 Å². The molecule has 0 amide bonds.